The molecule has 13 heteroatoms. The first-order valence-corrected chi connectivity index (χ1v) is 9.51. The molecular formula is C20H13ClF3N7O2. The summed E-state index contributed by atoms with van der Waals surface area (Å²) in [4.78, 5) is 31.7. The Morgan fingerprint density at radius 1 is 1.12 bits per heavy atom. The number of nitrogens with zero attached hydrogens (tertiary/aromatic N) is 4. The normalized spacial score (nSPS) is 11.5. The molecule has 0 bridgehead atoms. The van der Waals surface area contributed by atoms with Gasteiger partial charge in [-0.1, -0.05) is 35.9 Å². The maximum Gasteiger partial charge on any atom is 0.434 e. The molecule has 0 aliphatic rings. The number of carbonyl (C=O) groups is 2. The maximum absolute atomic E-state index is 14.2. The van der Waals surface area contributed by atoms with Crippen molar-refractivity contribution in [3.63, 3.8) is 0 Å². The second kappa shape index (κ2) is 8.15. The van der Waals surface area contributed by atoms with Crippen LogP contribution < -0.4 is 17.0 Å². The number of benzene rings is 1. The zero-order valence-electron chi connectivity index (χ0n) is 16.4. The number of pyridine rings is 2. The summed E-state index contributed by atoms with van der Waals surface area (Å²) in [6.07, 6.45) is -1.30. The average Bonchev–Trinajstić information content (AvgIpc) is 3.19. The molecule has 5 N–H and O–H groups in total. The lowest BCUT2D eigenvalue weighted by Gasteiger charge is -2.13. The van der Waals surface area contributed by atoms with Crippen molar-refractivity contribution < 1.29 is 22.8 Å². The highest BCUT2D eigenvalue weighted by atomic mass is 35.5. The van der Waals surface area contributed by atoms with E-state index in [0.717, 1.165) is 12.3 Å². The van der Waals surface area contributed by atoms with Crippen LogP contribution in [0.1, 0.15) is 26.5 Å². The third kappa shape index (κ3) is 3.85. The van der Waals surface area contributed by atoms with Crippen LogP contribution in [0.2, 0.25) is 5.02 Å². The van der Waals surface area contributed by atoms with Gasteiger partial charge in [-0.15, -0.1) is 0 Å². The summed E-state index contributed by atoms with van der Waals surface area (Å²) in [5.41, 5.74) is 4.15. The van der Waals surface area contributed by atoms with Crippen molar-refractivity contribution in [2.24, 2.45) is 11.6 Å². The van der Waals surface area contributed by atoms with Crippen LogP contribution >= 0.6 is 11.6 Å². The Morgan fingerprint density at radius 2 is 1.85 bits per heavy atom. The van der Waals surface area contributed by atoms with E-state index in [2.05, 4.69) is 15.1 Å². The molecule has 3 aromatic heterocycles. The highest BCUT2D eigenvalue weighted by Gasteiger charge is 2.43. The number of nitrogen functional groups attached to an aromatic ring is 1. The molecule has 0 saturated carbocycles. The molecular weight excluding hydrogens is 463 g/mol. The van der Waals surface area contributed by atoms with Gasteiger partial charge in [0, 0.05) is 28.7 Å². The standard InChI is InChI=1S/C20H13ClF3N7O2/c21-12-5-10(7-28-16(12)19(33)29-26)15-14(18(25)32)17(20(22,23)24)31(30-15)13-8-27-6-9-3-1-2-4-11(9)13/h1-8H,26H2,(H2,25,32)(H,29,33). The maximum atomic E-state index is 14.2. The number of primary amides is 1. The number of carbonyl (C=O) groups excluding carboxylic acids is 2. The van der Waals surface area contributed by atoms with E-state index in [4.69, 9.17) is 23.2 Å². The van der Waals surface area contributed by atoms with Crippen molar-refractivity contribution in [2.45, 2.75) is 6.18 Å². The molecule has 0 radical (unpaired) electrons. The third-order valence-corrected chi connectivity index (χ3v) is 5.02. The largest absolute Gasteiger partial charge is 0.434 e. The van der Waals surface area contributed by atoms with Gasteiger partial charge in [0.05, 0.1) is 22.5 Å². The SMILES string of the molecule is NNC(=O)c1ncc(-c2nn(-c3cncc4ccccc34)c(C(F)(F)F)c2C(N)=O)cc1Cl. The summed E-state index contributed by atoms with van der Waals surface area (Å²) >= 11 is 6.05. The first kappa shape index (κ1) is 22.2. The molecule has 3 heterocycles. The number of aromatic nitrogens is 4. The number of hydrazine groups is 1. The van der Waals surface area contributed by atoms with Gasteiger partial charge in [0.2, 0.25) is 0 Å². The Balaban J connectivity index is 2.05. The molecule has 0 unspecified atom stereocenters. The van der Waals surface area contributed by atoms with E-state index in [-0.39, 0.29) is 22.0 Å². The molecule has 9 nitrogen and oxygen atoms in total. The molecule has 1 aromatic carbocycles. The number of nitrogens with two attached hydrogens (primary N) is 2. The molecule has 0 aliphatic heterocycles. The van der Waals surface area contributed by atoms with Crippen molar-refractivity contribution >= 4 is 34.2 Å². The number of amides is 2. The van der Waals surface area contributed by atoms with E-state index in [0.29, 0.717) is 15.5 Å². The number of fused-ring (bicyclic) bond motifs is 1. The summed E-state index contributed by atoms with van der Waals surface area (Å²) in [7, 11) is 0. The molecule has 4 rings (SSSR count). The third-order valence-electron chi connectivity index (χ3n) is 4.74. The second-order valence-corrected chi connectivity index (χ2v) is 7.16. The molecule has 4 aromatic rings. The van der Waals surface area contributed by atoms with Crippen LogP contribution in [-0.2, 0) is 6.18 Å². The van der Waals surface area contributed by atoms with Crippen LogP contribution in [0.3, 0.4) is 0 Å². The summed E-state index contributed by atoms with van der Waals surface area (Å²) in [6, 6.07) is 7.75. The van der Waals surface area contributed by atoms with Crippen molar-refractivity contribution in [1.82, 2.24) is 25.2 Å². The van der Waals surface area contributed by atoms with Crippen molar-refractivity contribution in [2.75, 3.05) is 0 Å². The number of alkyl halides is 3. The van der Waals surface area contributed by atoms with E-state index in [1.807, 2.05) is 5.43 Å². The Bertz CT molecular complexity index is 1410. The number of hydrogen-bond acceptors (Lipinski definition) is 6. The van der Waals surface area contributed by atoms with Crippen LogP contribution in [0.15, 0.2) is 48.9 Å². The molecule has 0 aliphatic carbocycles. The molecule has 33 heavy (non-hydrogen) atoms. The zero-order chi connectivity index (χ0) is 23.9. The number of rotatable bonds is 4. The van der Waals surface area contributed by atoms with E-state index < -0.39 is 34.9 Å². The Hall–Kier alpha value is -4.03. The van der Waals surface area contributed by atoms with Crippen LogP contribution in [0.4, 0.5) is 13.2 Å². The van der Waals surface area contributed by atoms with Gasteiger partial charge in [-0.2, -0.15) is 18.3 Å². The van der Waals surface area contributed by atoms with E-state index >= 15 is 0 Å². The van der Waals surface area contributed by atoms with Crippen molar-refractivity contribution in [3.8, 4) is 16.9 Å². The monoisotopic (exact) mass is 475 g/mol. The van der Waals surface area contributed by atoms with Crippen molar-refractivity contribution in [1.29, 1.82) is 0 Å². The molecule has 0 fully saturated rings. The topological polar surface area (TPSA) is 142 Å². The predicted molar refractivity (Wildman–Crippen MR) is 112 cm³/mol. The van der Waals surface area contributed by atoms with Crippen LogP contribution in [0.25, 0.3) is 27.7 Å². The fourth-order valence-electron chi connectivity index (χ4n) is 3.36. The summed E-state index contributed by atoms with van der Waals surface area (Å²) in [6.45, 7) is 0. The van der Waals surface area contributed by atoms with Crippen LogP contribution in [0, 0.1) is 0 Å². The lowest BCUT2D eigenvalue weighted by molar-refractivity contribution is -0.143. The van der Waals surface area contributed by atoms with Gasteiger partial charge >= 0.3 is 6.18 Å². The first-order chi connectivity index (χ1) is 15.6. The van der Waals surface area contributed by atoms with Crippen molar-refractivity contribution in [3.05, 3.63) is 70.9 Å². The Kier molecular flexibility index (Phi) is 5.47. The van der Waals surface area contributed by atoms with Gasteiger partial charge in [0.15, 0.2) is 5.69 Å². The van der Waals surface area contributed by atoms with Gasteiger partial charge < -0.3 is 5.73 Å². The molecule has 0 saturated heterocycles. The molecule has 2 amide bonds. The summed E-state index contributed by atoms with van der Waals surface area (Å²) in [5, 5.41) is 4.80. The minimum atomic E-state index is -5.01. The van der Waals surface area contributed by atoms with Gasteiger partial charge in [0.1, 0.15) is 11.4 Å². The number of hydrogen-bond donors (Lipinski definition) is 3. The second-order valence-electron chi connectivity index (χ2n) is 6.75. The molecule has 0 spiro atoms. The van der Waals surface area contributed by atoms with E-state index in [1.165, 1.54) is 12.4 Å². The summed E-state index contributed by atoms with van der Waals surface area (Å²) < 4.78 is 43.1. The highest BCUT2D eigenvalue weighted by molar-refractivity contribution is 6.33. The van der Waals surface area contributed by atoms with Gasteiger partial charge in [0.25, 0.3) is 11.8 Å². The zero-order valence-corrected chi connectivity index (χ0v) is 17.1. The fraction of sp³-hybridized carbons (Fsp3) is 0.0500. The smallest absolute Gasteiger partial charge is 0.365 e. The van der Waals surface area contributed by atoms with E-state index in [1.54, 1.807) is 24.3 Å². The number of nitrogens with one attached hydrogen (secondary N) is 1. The molecule has 0 atom stereocenters. The fourth-order valence-corrected chi connectivity index (χ4v) is 3.61. The van der Waals surface area contributed by atoms with Crippen LogP contribution in [-0.4, -0.2) is 31.6 Å². The minimum Gasteiger partial charge on any atom is -0.365 e. The summed E-state index contributed by atoms with van der Waals surface area (Å²) in [5.74, 6) is 2.88. The molecule has 168 valence electrons. The lowest BCUT2D eigenvalue weighted by Crippen LogP contribution is -2.31. The minimum absolute atomic E-state index is 0.0210. The quantitative estimate of drug-likeness (QED) is 0.235. The highest BCUT2D eigenvalue weighted by Crippen LogP contribution is 2.39. The first-order valence-electron chi connectivity index (χ1n) is 9.13. The van der Waals surface area contributed by atoms with Crippen LogP contribution in [0.5, 0.6) is 0 Å². The van der Waals surface area contributed by atoms with Gasteiger partial charge in [-0.3, -0.25) is 20.0 Å². The Labute approximate surface area is 188 Å². The Morgan fingerprint density at radius 3 is 2.48 bits per heavy atom. The van der Waals surface area contributed by atoms with E-state index in [9.17, 15) is 22.8 Å². The van der Waals surface area contributed by atoms with Gasteiger partial charge in [-0.25, -0.2) is 15.5 Å². The predicted octanol–water partition coefficient (Wildman–Crippen LogP) is 2.86. The number of halogens is 4. The lowest BCUT2D eigenvalue weighted by atomic mass is 10.1. The van der Waals surface area contributed by atoms with Gasteiger partial charge in [-0.05, 0) is 6.07 Å². The average molecular weight is 476 g/mol.